The normalized spacial score (nSPS) is 17.0. The van der Waals surface area contributed by atoms with E-state index in [1.807, 2.05) is 55.0 Å². The van der Waals surface area contributed by atoms with Gasteiger partial charge in [0.2, 0.25) is 11.8 Å². The average Bonchev–Trinajstić information content (AvgIpc) is 2.56. The first-order valence-corrected chi connectivity index (χ1v) is 8.72. The SMILES string of the molecule is Cc1ccc(NC(=O)CN(C)C(C)C(=O)N2CCC(C)CC2)cc1. The van der Waals surface area contributed by atoms with Crippen LogP contribution in [0.25, 0.3) is 0 Å². The first kappa shape index (κ1) is 18.5. The monoisotopic (exact) mass is 331 g/mol. The van der Waals surface area contributed by atoms with Crippen LogP contribution in [0.1, 0.15) is 32.3 Å². The van der Waals surface area contributed by atoms with Gasteiger partial charge < -0.3 is 10.2 Å². The highest BCUT2D eigenvalue weighted by Crippen LogP contribution is 2.17. The lowest BCUT2D eigenvalue weighted by Crippen LogP contribution is -2.49. The van der Waals surface area contributed by atoms with Crippen molar-refractivity contribution < 1.29 is 9.59 Å². The number of carbonyl (C=O) groups excluding carboxylic acids is 2. The molecule has 0 aromatic heterocycles. The number of likely N-dealkylation sites (N-methyl/N-ethyl adjacent to an activating group) is 1. The molecule has 5 heteroatoms. The number of hydrogen-bond acceptors (Lipinski definition) is 3. The van der Waals surface area contributed by atoms with Crippen LogP contribution < -0.4 is 5.32 Å². The molecule has 0 radical (unpaired) electrons. The van der Waals surface area contributed by atoms with Gasteiger partial charge in [-0.25, -0.2) is 0 Å². The zero-order valence-electron chi connectivity index (χ0n) is 15.2. The minimum atomic E-state index is -0.290. The zero-order valence-corrected chi connectivity index (χ0v) is 15.2. The number of nitrogens with one attached hydrogen (secondary N) is 1. The second kappa shape index (κ2) is 8.29. The third kappa shape index (κ3) is 5.06. The molecular formula is C19H29N3O2. The van der Waals surface area contributed by atoms with Crippen LogP contribution in [0, 0.1) is 12.8 Å². The molecule has 1 fully saturated rings. The van der Waals surface area contributed by atoms with Crippen molar-refractivity contribution in [3.63, 3.8) is 0 Å². The highest BCUT2D eigenvalue weighted by atomic mass is 16.2. The van der Waals surface area contributed by atoms with E-state index in [9.17, 15) is 9.59 Å². The number of nitrogens with zero attached hydrogens (tertiary/aromatic N) is 2. The van der Waals surface area contributed by atoms with E-state index in [4.69, 9.17) is 0 Å². The lowest BCUT2D eigenvalue weighted by Gasteiger charge is -2.34. The van der Waals surface area contributed by atoms with E-state index >= 15 is 0 Å². The van der Waals surface area contributed by atoms with Gasteiger partial charge in [0, 0.05) is 18.8 Å². The maximum Gasteiger partial charge on any atom is 0.239 e. The van der Waals surface area contributed by atoms with Crippen molar-refractivity contribution in [2.24, 2.45) is 5.92 Å². The molecule has 1 aromatic carbocycles. The van der Waals surface area contributed by atoms with Crippen LogP contribution in [-0.2, 0) is 9.59 Å². The second-order valence-electron chi connectivity index (χ2n) is 7.01. The van der Waals surface area contributed by atoms with Crippen LogP contribution in [0.5, 0.6) is 0 Å². The Kier molecular flexibility index (Phi) is 6.37. The summed E-state index contributed by atoms with van der Waals surface area (Å²) in [5.74, 6) is 0.711. The number of piperidine rings is 1. The molecule has 0 spiro atoms. The Morgan fingerprint density at radius 1 is 1.25 bits per heavy atom. The van der Waals surface area contributed by atoms with Gasteiger partial charge >= 0.3 is 0 Å². The third-order valence-corrected chi connectivity index (χ3v) is 4.84. The fourth-order valence-electron chi connectivity index (χ4n) is 2.88. The molecule has 0 bridgehead atoms. The molecule has 1 unspecified atom stereocenters. The molecule has 1 saturated heterocycles. The van der Waals surface area contributed by atoms with Gasteiger partial charge in [-0.05, 0) is 51.8 Å². The molecule has 2 amide bonds. The summed E-state index contributed by atoms with van der Waals surface area (Å²) in [4.78, 5) is 28.5. The number of likely N-dealkylation sites (tertiary alicyclic amines) is 1. The standard InChI is InChI=1S/C19H29N3O2/c1-14-5-7-17(8-6-14)20-18(23)13-21(4)16(3)19(24)22-11-9-15(2)10-12-22/h5-8,15-16H,9-13H2,1-4H3,(H,20,23). The highest BCUT2D eigenvalue weighted by molar-refractivity contribution is 5.92. The van der Waals surface area contributed by atoms with Crippen molar-refractivity contribution in [2.45, 2.75) is 39.7 Å². The summed E-state index contributed by atoms with van der Waals surface area (Å²) in [5, 5.41) is 2.87. The lowest BCUT2D eigenvalue weighted by molar-refractivity contribution is -0.137. The van der Waals surface area contributed by atoms with E-state index in [0.717, 1.165) is 37.2 Å². The van der Waals surface area contributed by atoms with Gasteiger partial charge in [0.05, 0.1) is 12.6 Å². The Morgan fingerprint density at radius 3 is 2.42 bits per heavy atom. The Labute approximate surface area is 145 Å². The molecule has 1 atom stereocenters. The molecule has 2 rings (SSSR count). The van der Waals surface area contributed by atoms with Crippen LogP contribution in [0.4, 0.5) is 5.69 Å². The average molecular weight is 331 g/mol. The van der Waals surface area contributed by atoms with Crippen LogP contribution in [0.3, 0.4) is 0 Å². The van der Waals surface area contributed by atoms with E-state index < -0.39 is 0 Å². The summed E-state index contributed by atoms with van der Waals surface area (Å²) in [7, 11) is 1.82. The summed E-state index contributed by atoms with van der Waals surface area (Å²) in [6, 6.07) is 7.40. The van der Waals surface area contributed by atoms with Gasteiger partial charge in [-0.2, -0.15) is 0 Å². The lowest BCUT2D eigenvalue weighted by atomic mass is 9.99. The quantitative estimate of drug-likeness (QED) is 0.902. The van der Waals surface area contributed by atoms with Gasteiger partial charge in [-0.1, -0.05) is 24.6 Å². The van der Waals surface area contributed by atoms with Crippen molar-refractivity contribution in [3.05, 3.63) is 29.8 Å². The summed E-state index contributed by atoms with van der Waals surface area (Å²) in [6.45, 7) is 7.97. The zero-order chi connectivity index (χ0) is 17.7. The van der Waals surface area contributed by atoms with Gasteiger partial charge in [-0.3, -0.25) is 14.5 Å². The summed E-state index contributed by atoms with van der Waals surface area (Å²) in [5.41, 5.74) is 1.93. The molecule has 1 aromatic rings. The van der Waals surface area contributed by atoms with E-state index in [0.29, 0.717) is 5.92 Å². The fourth-order valence-corrected chi connectivity index (χ4v) is 2.88. The number of hydrogen-bond donors (Lipinski definition) is 1. The first-order chi connectivity index (χ1) is 11.4. The summed E-state index contributed by atoms with van der Waals surface area (Å²) < 4.78 is 0. The number of benzene rings is 1. The molecule has 1 aliphatic rings. The van der Waals surface area contributed by atoms with Crippen LogP contribution in [-0.4, -0.2) is 54.3 Å². The van der Waals surface area contributed by atoms with Crippen molar-refractivity contribution >= 4 is 17.5 Å². The van der Waals surface area contributed by atoms with Crippen molar-refractivity contribution in [1.82, 2.24) is 9.80 Å². The molecule has 0 saturated carbocycles. The van der Waals surface area contributed by atoms with Gasteiger partial charge in [-0.15, -0.1) is 0 Å². The van der Waals surface area contributed by atoms with E-state index in [1.165, 1.54) is 0 Å². The van der Waals surface area contributed by atoms with Crippen LogP contribution in [0.15, 0.2) is 24.3 Å². The Hall–Kier alpha value is -1.88. The maximum absolute atomic E-state index is 12.6. The third-order valence-electron chi connectivity index (χ3n) is 4.84. The summed E-state index contributed by atoms with van der Waals surface area (Å²) in [6.07, 6.45) is 2.13. The van der Waals surface area contributed by atoms with Crippen molar-refractivity contribution in [3.8, 4) is 0 Å². The molecule has 132 valence electrons. The Balaban J connectivity index is 1.83. The number of carbonyl (C=O) groups is 2. The highest BCUT2D eigenvalue weighted by Gasteiger charge is 2.27. The smallest absolute Gasteiger partial charge is 0.239 e. The van der Waals surface area contributed by atoms with Crippen molar-refractivity contribution in [1.29, 1.82) is 0 Å². The minimum Gasteiger partial charge on any atom is -0.341 e. The van der Waals surface area contributed by atoms with E-state index in [1.54, 1.807) is 0 Å². The molecule has 24 heavy (non-hydrogen) atoms. The Morgan fingerprint density at radius 2 is 1.83 bits per heavy atom. The molecular weight excluding hydrogens is 302 g/mol. The number of rotatable bonds is 5. The summed E-state index contributed by atoms with van der Waals surface area (Å²) >= 11 is 0. The number of anilines is 1. The molecule has 0 aliphatic carbocycles. The van der Waals surface area contributed by atoms with E-state index in [-0.39, 0.29) is 24.4 Å². The Bertz CT molecular complexity index is 562. The molecule has 1 N–H and O–H groups in total. The van der Waals surface area contributed by atoms with Crippen LogP contribution >= 0.6 is 0 Å². The topological polar surface area (TPSA) is 52.7 Å². The van der Waals surface area contributed by atoms with Gasteiger partial charge in [0.1, 0.15) is 0 Å². The first-order valence-electron chi connectivity index (χ1n) is 8.72. The largest absolute Gasteiger partial charge is 0.341 e. The fraction of sp³-hybridized carbons (Fsp3) is 0.579. The molecule has 5 nitrogen and oxygen atoms in total. The minimum absolute atomic E-state index is 0.103. The van der Waals surface area contributed by atoms with Gasteiger partial charge in [0.15, 0.2) is 0 Å². The maximum atomic E-state index is 12.6. The number of amides is 2. The predicted octanol–water partition coefficient (Wildman–Crippen LogP) is 2.51. The second-order valence-corrected chi connectivity index (χ2v) is 7.01. The molecule has 1 heterocycles. The predicted molar refractivity (Wildman–Crippen MR) is 96.9 cm³/mol. The van der Waals surface area contributed by atoms with Crippen molar-refractivity contribution in [2.75, 3.05) is 32.0 Å². The molecule has 1 aliphatic heterocycles. The van der Waals surface area contributed by atoms with Crippen LogP contribution in [0.2, 0.25) is 0 Å². The number of aryl methyl sites for hydroxylation is 1. The van der Waals surface area contributed by atoms with Gasteiger partial charge in [0.25, 0.3) is 0 Å². The van der Waals surface area contributed by atoms with E-state index in [2.05, 4.69) is 12.2 Å².